The minimum atomic E-state index is -0.801. The lowest BCUT2D eigenvalue weighted by atomic mass is 9.96. The molecule has 1 N–H and O–H groups in total. The van der Waals surface area contributed by atoms with Crippen LogP contribution in [0.2, 0.25) is 0 Å². The van der Waals surface area contributed by atoms with E-state index < -0.39 is 18.1 Å². The molecule has 0 amide bonds. The minimum Gasteiger partial charge on any atom is -0.389 e. The molecule has 0 spiro atoms. The lowest BCUT2D eigenvalue weighted by Gasteiger charge is -2.22. The molecule has 0 aromatic rings. The van der Waals surface area contributed by atoms with Crippen molar-refractivity contribution in [3.8, 4) is 0 Å². The van der Waals surface area contributed by atoms with Crippen LogP contribution in [0.25, 0.3) is 0 Å². The molecule has 3 nitrogen and oxygen atoms in total. The molecule has 0 saturated carbocycles. The van der Waals surface area contributed by atoms with Gasteiger partial charge >= 0.3 is 0 Å². The van der Waals surface area contributed by atoms with Crippen LogP contribution in [-0.4, -0.2) is 30.2 Å². The van der Waals surface area contributed by atoms with Gasteiger partial charge in [-0.1, -0.05) is 13.0 Å². The average molecular weight is 172 g/mol. The number of rotatable bonds is 5. The van der Waals surface area contributed by atoms with Crippen molar-refractivity contribution < 1.29 is 14.6 Å². The van der Waals surface area contributed by atoms with Gasteiger partial charge in [-0.25, -0.2) is 0 Å². The first kappa shape index (κ1) is 11.3. The molecule has 3 heteroatoms. The van der Waals surface area contributed by atoms with Gasteiger partial charge in [0.2, 0.25) is 0 Å². The Labute approximate surface area is 73.0 Å². The van der Waals surface area contributed by atoms with Crippen LogP contribution in [0.5, 0.6) is 0 Å². The van der Waals surface area contributed by atoms with Crippen molar-refractivity contribution in [1.82, 2.24) is 0 Å². The molecule has 3 atom stereocenters. The Morgan fingerprint density at radius 1 is 1.67 bits per heavy atom. The Balaban J connectivity index is 4.24. The van der Waals surface area contributed by atoms with E-state index >= 15 is 0 Å². The molecule has 0 unspecified atom stereocenters. The van der Waals surface area contributed by atoms with Crippen molar-refractivity contribution in [3.63, 3.8) is 0 Å². The number of methoxy groups -OCH3 is 1. The smallest absolute Gasteiger partial charge is 0.135 e. The van der Waals surface area contributed by atoms with E-state index in [0.29, 0.717) is 0 Å². The summed E-state index contributed by atoms with van der Waals surface area (Å²) in [5.74, 6) is -0.459. The number of carbonyl (C=O) groups excluding carboxylic acids is 1. The monoisotopic (exact) mass is 172 g/mol. The van der Waals surface area contributed by atoms with E-state index in [2.05, 4.69) is 6.58 Å². The van der Waals surface area contributed by atoms with Gasteiger partial charge in [0.25, 0.3) is 0 Å². The van der Waals surface area contributed by atoms with Crippen molar-refractivity contribution in [1.29, 1.82) is 0 Å². The van der Waals surface area contributed by atoms with Crippen LogP contribution in [0.4, 0.5) is 0 Å². The van der Waals surface area contributed by atoms with Crippen LogP contribution in [0.1, 0.15) is 13.8 Å². The van der Waals surface area contributed by atoms with E-state index in [4.69, 9.17) is 4.74 Å². The molecule has 0 radical (unpaired) electrons. The van der Waals surface area contributed by atoms with Crippen molar-refractivity contribution >= 4 is 5.78 Å². The predicted octanol–water partition coefficient (Wildman–Crippen LogP) is 0.773. The molecule has 0 bridgehead atoms. The highest BCUT2D eigenvalue weighted by molar-refractivity contribution is 5.78. The summed E-state index contributed by atoms with van der Waals surface area (Å²) >= 11 is 0. The number of carbonyl (C=O) groups is 1. The Hall–Kier alpha value is -0.670. The van der Waals surface area contributed by atoms with Crippen molar-refractivity contribution in [2.45, 2.75) is 26.1 Å². The van der Waals surface area contributed by atoms with Crippen LogP contribution in [0.3, 0.4) is 0 Å². The number of hydrogen-bond acceptors (Lipinski definition) is 3. The summed E-state index contributed by atoms with van der Waals surface area (Å²) in [5.41, 5.74) is 0. The highest BCUT2D eigenvalue weighted by atomic mass is 16.5. The maximum Gasteiger partial charge on any atom is 0.135 e. The van der Waals surface area contributed by atoms with E-state index in [-0.39, 0.29) is 5.78 Å². The first-order valence-electron chi connectivity index (χ1n) is 3.88. The zero-order chi connectivity index (χ0) is 9.72. The normalized spacial score (nSPS) is 18.0. The summed E-state index contributed by atoms with van der Waals surface area (Å²) in [6.07, 6.45) is 0.221. The molecule has 0 fully saturated rings. The number of hydrogen-bond donors (Lipinski definition) is 1. The molecule has 0 aliphatic heterocycles. The van der Waals surface area contributed by atoms with Crippen LogP contribution in [0, 0.1) is 5.92 Å². The molecule has 0 heterocycles. The first-order valence-corrected chi connectivity index (χ1v) is 3.88. The summed E-state index contributed by atoms with van der Waals surface area (Å²) in [4.78, 5) is 10.9. The van der Waals surface area contributed by atoms with Gasteiger partial charge in [-0.2, -0.15) is 0 Å². The lowest BCUT2D eigenvalue weighted by Crippen LogP contribution is -2.35. The van der Waals surface area contributed by atoms with Gasteiger partial charge in [-0.15, -0.1) is 6.58 Å². The quantitative estimate of drug-likeness (QED) is 0.623. The van der Waals surface area contributed by atoms with E-state index in [9.17, 15) is 9.90 Å². The second-order valence-electron chi connectivity index (χ2n) is 2.83. The summed E-state index contributed by atoms with van der Waals surface area (Å²) in [7, 11) is 1.47. The van der Waals surface area contributed by atoms with E-state index in [1.807, 2.05) is 0 Å². The molecular formula is C9H16O3. The third-order valence-electron chi connectivity index (χ3n) is 1.99. The highest BCUT2D eigenvalue weighted by Crippen LogP contribution is 2.11. The third kappa shape index (κ3) is 2.75. The van der Waals surface area contributed by atoms with Crippen LogP contribution in [-0.2, 0) is 9.53 Å². The maximum absolute atomic E-state index is 10.9. The topological polar surface area (TPSA) is 46.5 Å². The van der Waals surface area contributed by atoms with Crippen molar-refractivity contribution in [2.24, 2.45) is 5.92 Å². The summed E-state index contributed by atoms with van der Waals surface area (Å²) in [6.45, 7) is 6.62. The third-order valence-corrected chi connectivity index (χ3v) is 1.99. The molecule has 70 valence electrons. The number of ether oxygens (including phenoxy) is 1. The van der Waals surface area contributed by atoms with Gasteiger partial charge in [0.15, 0.2) is 0 Å². The summed E-state index contributed by atoms with van der Waals surface area (Å²) in [6, 6.07) is 0. The number of Topliss-reactive ketones (excluding diaryl/α,β-unsaturated/α-hetero) is 1. The average Bonchev–Trinajstić information content (AvgIpc) is 2.05. The second kappa shape index (κ2) is 5.06. The van der Waals surface area contributed by atoms with Gasteiger partial charge in [-0.3, -0.25) is 4.79 Å². The second-order valence-corrected chi connectivity index (χ2v) is 2.83. The van der Waals surface area contributed by atoms with E-state index in [1.54, 1.807) is 6.92 Å². The fourth-order valence-corrected chi connectivity index (χ4v) is 0.900. The molecule has 12 heavy (non-hydrogen) atoms. The van der Waals surface area contributed by atoms with Gasteiger partial charge in [0.05, 0.1) is 6.10 Å². The Morgan fingerprint density at radius 3 is 2.42 bits per heavy atom. The van der Waals surface area contributed by atoms with Gasteiger partial charge in [0, 0.05) is 13.0 Å². The number of aliphatic hydroxyl groups is 1. The Kier molecular flexibility index (Phi) is 4.78. The zero-order valence-electron chi connectivity index (χ0n) is 7.78. The molecule has 0 aromatic heterocycles. The minimum absolute atomic E-state index is 0.0496. The lowest BCUT2D eigenvalue weighted by molar-refractivity contribution is -0.126. The molecule has 0 rings (SSSR count). The fourth-order valence-electron chi connectivity index (χ4n) is 0.900. The SMILES string of the molecule is C=C[C@H](OC)[C@@H](O)[C@H](C)C(C)=O. The van der Waals surface area contributed by atoms with E-state index in [1.165, 1.54) is 20.1 Å². The van der Waals surface area contributed by atoms with Gasteiger partial charge < -0.3 is 9.84 Å². The molecule has 0 aliphatic rings. The van der Waals surface area contributed by atoms with Crippen molar-refractivity contribution in [2.75, 3.05) is 7.11 Å². The largest absolute Gasteiger partial charge is 0.389 e. The van der Waals surface area contributed by atoms with Crippen LogP contribution in [0.15, 0.2) is 12.7 Å². The number of ketones is 1. The standard InChI is InChI=1S/C9H16O3/c1-5-8(12-4)9(11)6(2)7(3)10/h5-6,8-9,11H,1H2,2-4H3/t6-,8+,9+/m1/s1. The van der Waals surface area contributed by atoms with Crippen LogP contribution >= 0.6 is 0 Å². The summed E-state index contributed by atoms with van der Waals surface area (Å²) < 4.78 is 4.91. The maximum atomic E-state index is 10.9. The molecular weight excluding hydrogens is 156 g/mol. The molecule has 0 aromatic carbocycles. The molecule has 0 saturated heterocycles. The van der Waals surface area contributed by atoms with E-state index in [0.717, 1.165) is 0 Å². The molecule has 0 aliphatic carbocycles. The predicted molar refractivity (Wildman–Crippen MR) is 46.8 cm³/mol. The fraction of sp³-hybridized carbons (Fsp3) is 0.667. The highest BCUT2D eigenvalue weighted by Gasteiger charge is 2.24. The summed E-state index contributed by atoms with van der Waals surface area (Å²) in [5, 5.41) is 9.53. The van der Waals surface area contributed by atoms with Crippen molar-refractivity contribution in [3.05, 3.63) is 12.7 Å². The van der Waals surface area contributed by atoms with Crippen LogP contribution < -0.4 is 0 Å². The Morgan fingerprint density at radius 2 is 2.17 bits per heavy atom. The van der Waals surface area contributed by atoms with Gasteiger partial charge in [-0.05, 0) is 6.92 Å². The Bertz CT molecular complexity index is 163. The zero-order valence-corrected chi connectivity index (χ0v) is 7.78. The van der Waals surface area contributed by atoms with Gasteiger partial charge in [0.1, 0.15) is 11.9 Å². The first-order chi connectivity index (χ1) is 5.54. The number of aliphatic hydroxyl groups excluding tert-OH is 1.